The van der Waals surface area contributed by atoms with E-state index in [1.54, 1.807) is 14.2 Å². The molecular weight excluding hydrogens is 220 g/mol. The van der Waals surface area contributed by atoms with Gasteiger partial charge in [0.25, 0.3) is 0 Å². The van der Waals surface area contributed by atoms with Crippen LogP contribution >= 0.6 is 11.6 Å². The number of carbonyl (C=O) groups excluding carboxylic acids is 1. The predicted octanol–water partition coefficient (Wildman–Crippen LogP) is 0.919. The quantitative estimate of drug-likeness (QED) is 0.541. The van der Waals surface area contributed by atoms with Crippen molar-refractivity contribution in [2.45, 2.75) is 0 Å². The zero-order valence-corrected chi connectivity index (χ0v) is 9.45. The Labute approximate surface area is 92.9 Å². The van der Waals surface area contributed by atoms with E-state index in [-0.39, 0.29) is 12.4 Å². The van der Waals surface area contributed by atoms with Crippen LogP contribution in [-0.2, 0) is 16.5 Å². The van der Waals surface area contributed by atoms with Crippen molar-refractivity contribution in [3.63, 3.8) is 0 Å². The molecule has 0 aliphatic heterocycles. The van der Waals surface area contributed by atoms with Crippen molar-refractivity contribution in [3.05, 3.63) is 16.9 Å². The van der Waals surface area contributed by atoms with Gasteiger partial charge in [-0.3, -0.25) is 9.48 Å². The molecule has 0 radical (unpaired) electrons. The maximum absolute atomic E-state index is 11.6. The lowest BCUT2D eigenvalue weighted by atomic mass is 10.3. The van der Waals surface area contributed by atoms with Crippen LogP contribution in [0.2, 0.25) is 5.02 Å². The Morgan fingerprint density at radius 1 is 1.60 bits per heavy atom. The zero-order chi connectivity index (χ0) is 11.3. The highest BCUT2D eigenvalue weighted by Gasteiger charge is 2.15. The summed E-state index contributed by atoms with van der Waals surface area (Å²) in [5.74, 6) is -0.184. The molecule has 6 heteroatoms. The Morgan fingerprint density at radius 3 is 2.87 bits per heavy atom. The van der Waals surface area contributed by atoms with E-state index in [4.69, 9.17) is 21.1 Å². The lowest BCUT2D eigenvalue weighted by Crippen LogP contribution is -2.15. The van der Waals surface area contributed by atoms with Gasteiger partial charge in [0.1, 0.15) is 12.3 Å². The van der Waals surface area contributed by atoms with Crippen LogP contribution in [0.5, 0.6) is 0 Å². The summed E-state index contributed by atoms with van der Waals surface area (Å²) < 4.78 is 11.3. The maximum Gasteiger partial charge on any atom is 0.207 e. The Balaban J connectivity index is 2.47. The van der Waals surface area contributed by atoms with Crippen LogP contribution in [0, 0.1) is 0 Å². The molecule has 0 bridgehead atoms. The fourth-order valence-electron chi connectivity index (χ4n) is 1.10. The molecular formula is C9H13ClN2O3. The number of aromatic nitrogens is 2. The van der Waals surface area contributed by atoms with E-state index in [1.807, 2.05) is 0 Å². The van der Waals surface area contributed by atoms with Gasteiger partial charge in [-0.15, -0.1) is 0 Å². The van der Waals surface area contributed by atoms with Crippen LogP contribution in [0.3, 0.4) is 0 Å². The molecule has 0 aromatic carbocycles. The number of ether oxygens (including phenoxy) is 2. The first-order valence-corrected chi connectivity index (χ1v) is 4.82. The molecule has 0 spiro atoms. The summed E-state index contributed by atoms with van der Waals surface area (Å²) in [5.41, 5.74) is 0.370. The van der Waals surface area contributed by atoms with E-state index in [2.05, 4.69) is 5.10 Å². The fourth-order valence-corrected chi connectivity index (χ4v) is 1.37. The van der Waals surface area contributed by atoms with E-state index in [9.17, 15) is 4.79 Å². The van der Waals surface area contributed by atoms with Crippen LogP contribution < -0.4 is 0 Å². The average molecular weight is 233 g/mol. The summed E-state index contributed by atoms with van der Waals surface area (Å²) in [6.07, 6.45) is 1.43. The van der Waals surface area contributed by atoms with Crippen LogP contribution in [0.15, 0.2) is 6.20 Å². The Morgan fingerprint density at radius 2 is 2.33 bits per heavy atom. The number of nitrogens with zero attached hydrogens (tertiary/aromatic N) is 2. The molecule has 5 nitrogen and oxygen atoms in total. The van der Waals surface area contributed by atoms with Gasteiger partial charge in [0.05, 0.1) is 24.4 Å². The summed E-state index contributed by atoms with van der Waals surface area (Å²) in [4.78, 5) is 11.6. The van der Waals surface area contributed by atoms with E-state index in [0.717, 1.165) is 0 Å². The highest BCUT2D eigenvalue weighted by molar-refractivity contribution is 6.33. The predicted molar refractivity (Wildman–Crippen MR) is 55.2 cm³/mol. The van der Waals surface area contributed by atoms with Gasteiger partial charge in [-0.1, -0.05) is 11.6 Å². The lowest BCUT2D eigenvalue weighted by molar-refractivity contribution is 0.0570. The molecule has 0 saturated heterocycles. The first-order valence-electron chi connectivity index (χ1n) is 4.44. The van der Waals surface area contributed by atoms with Crippen molar-refractivity contribution in [1.29, 1.82) is 0 Å². The van der Waals surface area contributed by atoms with Crippen LogP contribution in [0.25, 0.3) is 0 Å². The van der Waals surface area contributed by atoms with Crippen molar-refractivity contribution in [2.24, 2.45) is 7.05 Å². The second-order valence-electron chi connectivity index (χ2n) is 2.93. The van der Waals surface area contributed by atoms with Gasteiger partial charge < -0.3 is 9.47 Å². The molecule has 84 valence electrons. The number of ketones is 1. The van der Waals surface area contributed by atoms with E-state index in [1.165, 1.54) is 10.9 Å². The van der Waals surface area contributed by atoms with Crippen molar-refractivity contribution in [1.82, 2.24) is 9.78 Å². The minimum atomic E-state index is -0.184. The molecule has 0 atom stereocenters. The maximum atomic E-state index is 11.6. The molecule has 0 aliphatic carbocycles. The second kappa shape index (κ2) is 5.85. The number of hydrogen-bond acceptors (Lipinski definition) is 4. The van der Waals surface area contributed by atoms with Crippen LogP contribution in [-0.4, -0.2) is 42.5 Å². The first-order chi connectivity index (χ1) is 7.16. The molecule has 1 heterocycles. The normalized spacial score (nSPS) is 10.6. The molecule has 0 unspecified atom stereocenters. The van der Waals surface area contributed by atoms with Crippen LogP contribution in [0.1, 0.15) is 10.5 Å². The summed E-state index contributed by atoms with van der Waals surface area (Å²) in [5, 5.41) is 4.21. The van der Waals surface area contributed by atoms with Gasteiger partial charge in [-0.2, -0.15) is 5.10 Å². The second-order valence-corrected chi connectivity index (χ2v) is 3.34. The number of halogens is 1. The first kappa shape index (κ1) is 12.2. The van der Waals surface area contributed by atoms with Crippen molar-refractivity contribution < 1.29 is 14.3 Å². The van der Waals surface area contributed by atoms with Gasteiger partial charge in [-0.25, -0.2) is 0 Å². The Kier molecular flexibility index (Phi) is 4.74. The van der Waals surface area contributed by atoms with Gasteiger partial charge in [0, 0.05) is 14.2 Å². The number of Topliss-reactive ketones (excluding diaryl/α,β-unsaturated/α-hetero) is 1. The fraction of sp³-hybridized carbons (Fsp3) is 0.556. The largest absolute Gasteiger partial charge is 0.382 e. The van der Waals surface area contributed by atoms with E-state index >= 15 is 0 Å². The van der Waals surface area contributed by atoms with Crippen molar-refractivity contribution >= 4 is 17.4 Å². The van der Waals surface area contributed by atoms with Gasteiger partial charge in [-0.05, 0) is 0 Å². The SMILES string of the molecule is COCCOCC(=O)c1c(Cl)cnn1C. The third kappa shape index (κ3) is 3.30. The summed E-state index contributed by atoms with van der Waals surface area (Å²) in [6.45, 7) is 0.840. The Hall–Kier alpha value is -0.910. The van der Waals surface area contributed by atoms with Crippen molar-refractivity contribution in [3.8, 4) is 0 Å². The van der Waals surface area contributed by atoms with Gasteiger partial charge in [0.2, 0.25) is 5.78 Å². The zero-order valence-electron chi connectivity index (χ0n) is 8.70. The number of rotatable bonds is 6. The van der Waals surface area contributed by atoms with E-state index < -0.39 is 0 Å². The van der Waals surface area contributed by atoms with Crippen LogP contribution in [0.4, 0.5) is 0 Å². The van der Waals surface area contributed by atoms with Gasteiger partial charge in [0.15, 0.2) is 0 Å². The third-order valence-electron chi connectivity index (χ3n) is 1.82. The highest BCUT2D eigenvalue weighted by Crippen LogP contribution is 2.14. The average Bonchev–Trinajstić information content (AvgIpc) is 2.53. The third-order valence-corrected chi connectivity index (χ3v) is 2.10. The van der Waals surface area contributed by atoms with Crippen molar-refractivity contribution in [2.75, 3.05) is 26.9 Å². The Bertz CT molecular complexity index is 319. The topological polar surface area (TPSA) is 53.4 Å². The molecule has 0 fully saturated rings. The smallest absolute Gasteiger partial charge is 0.207 e. The number of carbonyl (C=O) groups is 1. The van der Waals surface area contributed by atoms with Gasteiger partial charge >= 0.3 is 0 Å². The molecule has 15 heavy (non-hydrogen) atoms. The minimum Gasteiger partial charge on any atom is -0.382 e. The minimum absolute atomic E-state index is 0.0113. The molecule has 0 N–H and O–H groups in total. The summed E-state index contributed by atoms with van der Waals surface area (Å²) >= 11 is 5.80. The molecule has 0 amide bonds. The molecule has 0 aliphatic rings. The standard InChI is InChI=1S/C9H13ClN2O3/c1-12-9(7(10)5-11-12)8(13)6-15-4-3-14-2/h5H,3-4,6H2,1-2H3. The van der Waals surface area contributed by atoms with E-state index in [0.29, 0.717) is 23.9 Å². The molecule has 0 saturated carbocycles. The number of aryl methyl sites for hydroxylation is 1. The lowest BCUT2D eigenvalue weighted by Gasteiger charge is -2.03. The summed E-state index contributed by atoms with van der Waals surface area (Å²) in [7, 11) is 3.23. The number of methoxy groups -OCH3 is 1. The molecule has 1 aromatic heterocycles. The molecule has 1 aromatic rings. The molecule has 1 rings (SSSR count). The highest BCUT2D eigenvalue weighted by atomic mass is 35.5. The summed E-state index contributed by atoms with van der Waals surface area (Å²) in [6, 6.07) is 0. The number of hydrogen-bond donors (Lipinski definition) is 0. The monoisotopic (exact) mass is 232 g/mol.